The summed E-state index contributed by atoms with van der Waals surface area (Å²) in [6.45, 7) is 0. The predicted octanol–water partition coefficient (Wildman–Crippen LogP) is -0.493. The van der Waals surface area contributed by atoms with Gasteiger partial charge in [0, 0.05) is 0 Å². The number of carboxylic acids is 1. The Bertz CT molecular complexity index is 249. The summed E-state index contributed by atoms with van der Waals surface area (Å²) < 4.78 is 0. The Kier molecular flexibility index (Phi) is 4.58. The maximum atomic E-state index is 11.5. The first-order valence-corrected chi connectivity index (χ1v) is 4.91. The molecule has 4 N–H and O–H groups in total. The van der Waals surface area contributed by atoms with Crippen LogP contribution >= 0.6 is 0 Å². The Morgan fingerprint density at radius 2 is 1.80 bits per heavy atom. The van der Waals surface area contributed by atoms with Gasteiger partial charge < -0.3 is 15.5 Å². The molecule has 6 nitrogen and oxygen atoms in total. The predicted molar refractivity (Wildman–Crippen MR) is 51.9 cm³/mol. The molecule has 15 heavy (non-hydrogen) atoms. The highest BCUT2D eigenvalue weighted by atomic mass is 16.4. The van der Waals surface area contributed by atoms with Gasteiger partial charge in [-0.05, 0) is 12.8 Å². The van der Waals surface area contributed by atoms with E-state index in [1.165, 1.54) is 0 Å². The Labute approximate surface area is 88.3 Å². The fourth-order valence-electron chi connectivity index (χ4n) is 1.95. The molecule has 1 saturated carbocycles. The average molecular weight is 213 g/mol. The van der Waals surface area contributed by atoms with E-state index in [4.69, 9.17) is 10.3 Å². The number of nitrogens with one attached hydrogen (secondary N) is 2. The quantitative estimate of drug-likeness (QED) is 0.373. The highest BCUT2D eigenvalue weighted by Crippen LogP contribution is 2.30. The van der Waals surface area contributed by atoms with Crippen molar-refractivity contribution in [3.05, 3.63) is 0 Å². The van der Waals surface area contributed by atoms with Crippen LogP contribution < -0.4 is 10.6 Å². The molecule has 1 fully saturated rings. The largest absolute Gasteiger partial charge is 0.481 e. The number of amides is 1. The van der Waals surface area contributed by atoms with Gasteiger partial charge in [0.15, 0.2) is 0 Å². The van der Waals surface area contributed by atoms with Gasteiger partial charge in [-0.1, -0.05) is 12.8 Å². The number of carboxylic acid groups (broad SMARTS) is 1. The summed E-state index contributed by atoms with van der Waals surface area (Å²) in [7, 11) is 0.982. The van der Waals surface area contributed by atoms with Crippen molar-refractivity contribution in [1.29, 1.82) is 0 Å². The van der Waals surface area contributed by atoms with Crippen molar-refractivity contribution >= 4 is 19.4 Å². The summed E-state index contributed by atoms with van der Waals surface area (Å²) >= 11 is 0. The zero-order valence-corrected chi connectivity index (χ0v) is 8.27. The smallest absolute Gasteiger partial charge is 0.374 e. The first kappa shape index (κ1) is 12.0. The van der Waals surface area contributed by atoms with Crippen LogP contribution in [-0.4, -0.2) is 29.7 Å². The van der Waals surface area contributed by atoms with Gasteiger partial charge in [-0.15, -0.1) is 0 Å². The molecule has 1 rings (SSSR count). The number of hydrogen-bond donors (Lipinski definition) is 4. The van der Waals surface area contributed by atoms with Crippen molar-refractivity contribution in [2.24, 2.45) is 11.8 Å². The van der Waals surface area contributed by atoms with Crippen LogP contribution in [-0.2, 0) is 9.59 Å². The second kappa shape index (κ2) is 5.72. The maximum Gasteiger partial charge on any atom is 0.374 e. The Balaban J connectivity index is 2.55. The molecule has 0 aromatic carbocycles. The van der Waals surface area contributed by atoms with E-state index in [0.717, 1.165) is 20.4 Å². The van der Waals surface area contributed by atoms with Crippen LogP contribution in [0.25, 0.3) is 0 Å². The lowest BCUT2D eigenvalue weighted by Gasteiger charge is -2.27. The number of rotatable bonds is 4. The average Bonchev–Trinajstić information content (AvgIpc) is 2.25. The van der Waals surface area contributed by atoms with Gasteiger partial charge in [0.05, 0.1) is 11.8 Å². The molecular formula is C8H14BN2O4. The third-order valence-corrected chi connectivity index (χ3v) is 2.70. The highest BCUT2D eigenvalue weighted by molar-refractivity contribution is 6.33. The molecule has 0 saturated heterocycles. The van der Waals surface area contributed by atoms with Gasteiger partial charge in [-0.2, -0.15) is 0 Å². The third-order valence-electron chi connectivity index (χ3n) is 2.70. The van der Waals surface area contributed by atoms with Crippen molar-refractivity contribution in [1.82, 2.24) is 10.6 Å². The fourth-order valence-corrected chi connectivity index (χ4v) is 1.95. The van der Waals surface area contributed by atoms with E-state index in [2.05, 4.69) is 5.23 Å². The van der Waals surface area contributed by atoms with Gasteiger partial charge in [-0.25, -0.2) is 5.39 Å². The first-order chi connectivity index (χ1) is 7.16. The van der Waals surface area contributed by atoms with Gasteiger partial charge in [0.2, 0.25) is 5.91 Å². The molecule has 0 bridgehead atoms. The van der Waals surface area contributed by atoms with Gasteiger partial charge in [0.25, 0.3) is 0 Å². The SMILES string of the molecule is O=C(O)[C@H]1CCCC[C@H]1C(=O)N[B]NO. The van der Waals surface area contributed by atoms with Crippen LogP contribution in [0.1, 0.15) is 25.7 Å². The highest BCUT2D eigenvalue weighted by Gasteiger charge is 2.35. The summed E-state index contributed by atoms with van der Waals surface area (Å²) in [6.07, 6.45) is 2.85. The normalized spacial score (nSPS) is 25.7. The maximum absolute atomic E-state index is 11.5. The summed E-state index contributed by atoms with van der Waals surface area (Å²) in [5.74, 6) is -2.39. The molecule has 2 atom stereocenters. The number of carbonyl (C=O) groups excluding carboxylic acids is 1. The topological polar surface area (TPSA) is 98.7 Å². The Morgan fingerprint density at radius 1 is 1.20 bits per heavy atom. The molecule has 1 amide bonds. The van der Waals surface area contributed by atoms with E-state index in [1.807, 2.05) is 0 Å². The molecule has 7 heteroatoms. The van der Waals surface area contributed by atoms with E-state index in [9.17, 15) is 9.59 Å². The molecule has 1 radical (unpaired) electrons. The fraction of sp³-hybridized carbons (Fsp3) is 0.750. The van der Waals surface area contributed by atoms with Gasteiger partial charge in [-0.3, -0.25) is 9.59 Å². The van der Waals surface area contributed by atoms with Crippen LogP contribution in [0.3, 0.4) is 0 Å². The summed E-state index contributed by atoms with van der Waals surface area (Å²) in [5, 5.41) is 21.2. The van der Waals surface area contributed by atoms with Crippen molar-refractivity contribution in [3.63, 3.8) is 0 Å². The number of aliphatic carboxylic acids is 1. The third kappa shape index (κ3) is 3.21. The molecule has 0 heterocycles. The molecule has 1 aliphatic rings. The summed E-state index contributed by atoms with van der Waals surface area (Å²) in [6, 6.07) is 0. The van der Waals surface area contributed by atoms with Gasteiger partial charge in [0.1, 0.15) is 0 Å². The molecule has 0 aromatic heterocycles. The molecule has 0 aliphatic heterocycles. The minimum absolute atomic E-state index is 0.358. The van der Waals surface area contributed by atoms with Crippen LogP contribution in [0, 0.1) is 11.8 Å². The first-order valence-electron chi connectivity index (χ1n) is 4.91. The van der Waals surface area contributed by atoms with E-state index >= 15 is 0 Å². The van der Waals surface area contributed by atoms with E-state index in [-0.39, 0.29) is 5.91 Å². The lowest BCUT2D eigenvalue weighted by Crippen LogP contribution is -2.44. The van der Waals surface area contributed by atoms with Gasteiger partial charge >= 0.3 is 13.5 Å². The standard InChI is InChI=1S/C8H14BN2O4/c12-7(10-9-11-15)5-3-1-2-4-6(5)8(13)14/h5-6,11,15H,1-4H2,(H,10,12)(H,13,14)/t5-,6+/m1/s1. The molecule has 83 valence electrons. The van der Waals surface area contributed by atoms with Crippen molar-refractivity contribution in [3.8, 4) is 0 Å². The second-order valence-electron chi connectivity index (χ2n) is 3.62. The Morgan fingerprint density at radius 3 is 2.33 bits per heavy atom. The molecule has 1 aliphatic carbocycles. The minimum Gasteiger partial charge on any atom is -0.481 e. The van der Waals surface area contributed by atoms with Crippen molar-refractivity contribution in [2.45, 2.75) is 25.7 Å². The molecule has 0 unspecified atom stereocenters. The molecular weight excluding hydrogens is 199 g/mol. The summed E-state index contributed by atoms with van der Waals surface area (Å²) in [4.78, 5) is 22.4. The van der Waals surface area contributed by atoms with Crippen LogP contribution in [0.15, 0.2) is 0 Å². The van der Waals surface area contributed by atoms with Crippen LogP contribution in [0.4, 0.5) is 0 Å². The Hall–Kier alpha value is -1.08. The number of hydrogen-bond acceptors (Lipinski definition) is 4. The molecule has 0 spiro atoms. The van der Waals surface area contributed by atoms with Crippen molar-refractivity contribution in [2.75, 3.05) is 0 Å². The van der Waals surface area contributed by atoms with E-state index in [1.54, 1.807) is 5.39 Å². The lowest BCUT2D eigenvalue weighted by atomic mass is 9.78. The molecule has 0 aromatic rings. The summed E-state index contributed by atoms with van der Waals surface area (Å²) in [5.41, 5.74) is 0. The lowest BCUT2D eigenvalue weighted by molar-refractivity contribution is -0.148. The van der Waals surface area contributed by atoms with E-state index in [0.29, 0.717) is 12.8 Å². The zero-order valence-electron chi connectivity index (χ0n) is 8.27. The van der Waals surface area contributed by atoms with Crippen molar-refractivity contribution < 1.29 is 19.9 Å². The van der Waals surface area contributed by atoms with Crippen LogP contribution in [0.2, 0.25) is 0 Å². The van der Waals surface area contributed by atoms with Crippen LogP contribution in [0.5, 0.6) is 0 Å². The monoisotopic (exact) mass is 213 g/mol. The zero-order chi connectivity index (χ0) is 11.3. The van der Waals surface area contributed by atoms with E-state index < -0.39 is 17.8 Å². The minimum atomic E-state index is -0.924. The number of carbonyl (C=O) groups is 2. The second-order valence-corrected chi connectivity index (χ2v) is 3.62.